The van der Waals surface area contributed by atoms with E-state index < -0.39 is 0 Å². The van der Waals surface area contributed by atoms with Crippen LogP contribution in [0.15, 0.2) is 77.7 Å². The second kappa shape index (κ2) is 9.43. The molecule has 2 amide bonds. The fraction of sp³-hybridized carbons (Fsp3) is 0.167. The highest BCUT2D eigenvalue weighted by molar-refractivity contribution is 8.00. The Hall–Kier alpha value is -3.05. The summed E-state index contributed by atoms with van der Waals surface area (Å²) in [5.74, 6) is -0.171. The molecule has 3 aromatic carbocycles. The molecular weight excluding hydrogens is 380 g/mol. The third-order valence-electron chi connectivity index (χ3n) is 4.59. The third-order valence-corrected chi connectivity index (χ3v) is 5.70. The number of carbonyl (C=O) groups is 2. The number of thioether (sulfide) groups is 1. The lowest BCUT2D eigenvalue weighted by Gasteiger charge is -2.14. The summed E-state index contributed by atoms with van der Waals surface area (Å²) in [6.07, 6.45) is 0. The van der Waals surface area contributed by atoms with E-state index in [0.29, 0.717) is 5.56 Å². The highest BCUT2D eigenvalue weighted by Crippen LogP contribution is 2.26. The molecule has 1 atom stereocenters. The molecule has 4 nitrogen and oxygen atoms in total. The maximum atomic E-state index is 12.5. The van der Waals surface area contributed by atoms with Crippen LogP contribution in [0.25, 0.3) is 0 Å². The molecule has 0 saturated heterocycles. The molecule has 0 aromatic heterocycles. The van der Waals surface area contributed by atoms with Crippen molar-refractivity contribution in [3.8, 4) is 0 Å². The van der Waals surface area contributed by atoms with Crippen molar-refractivity contribution < 1.29 is 9.59 Å². The topological polar surface area (TPSA) is 58.2 Å². The molecule has 3 rings (SSSR count). The van der Waals surface area contributed by atoms with Crippen molar-refractivity contribution in [3.63, 3.8) is 0 Å². The molecule has 0 fully saturated rings. The minimum atomic E-state index is -0.248. The number of nitrogens with one attached hydrogen (secondary N) is 2. The number of para-hydroxylation sites is 1. The first kappa shape index (κ1) is 20.7. The van der Waals surface area contributed by atoms with Crippen LogP contribution in [-0.2, 0) is 4.79 Å². The molecular formula is C24H24N2O2S. The zero-order chi connectivity index (χ0) is 20.8. The molecule has 3 aromatic rings. The Morgan fingerprint density at radius 3 is 2.07 bits per heavy atom. The van der Waals surface area contributed by atoms with Crippen LogP contribution < -0.4 is 10.6 Å². The van der Waals surface area contributed by atoms with Crippen LogP contribution in [0, 0.1) is 13.8 Å². The minimum absolute atomic E-state index is 0.0405. The second-order valence-corrected chi connectivity index (χ2v) is 8.27. The second-order valence-electron chi connectivity index (χ2n) is 6.86. The summed E-state index contributed by atoms with van der Waals surface area (Å²) in [5.41, 5.74) is 4.18. The summed E-state index contributed by atoms with van der Waals surface area (Å²) < 4.78 is 0. The van der Waals surface area contributed by atoms with Crippen molar-refractivity contribution >= 4 is 35.0 Å². The summed E-state index contributed by atoms with van der Waals surface area (Å²) in [4.78, 5) is 25.9. The van der Waals surface area contributed by atoms with E-state index in [1.54, 1.807) is 0 Å². The van der Waals surface area contributed by atoms with Crippen LogP contribution in [0.1, 0.15) is 28.4 Å². The standard InChI is InChI=1S/C24H24N2O2S/c1-16-8-4-6-10-21(16)24(28)25-19-12-14-20(15-13-19)29-18(3)23(27)26-22-11-7-5-9-17(22)2/h4-15,18H,1-3H3,(H,25,28)(H,26,27). The molecule has 148 valence electrons. The van der Waals surface area contributed by atoms with Crippen molar-refractivity contribution in [2.75, 3.05) is 10.6 Å². The third kappa shape index (κ3) is 5.48. The monoisotopic (exact) mass is 404 g/mol. The number of hydrogen-bond acceptors (Lipinski definition) is 3. The first-order chi connectivity index (χ1) is 13.9. The van der Waals surface area contributed by atoms with E-state index in [1.807, 2.05) is 93.6 Å². The highest BCUT2D eigenvalue weighted by Gasteiger charge is 2.15. The lowest BCUT2D eigenvalue weighted by molar-refractivity contribution is -0.115. The normalized spacial score (nSPS) is 11.6. The Morgan fingerprint density at radius 1 is 0.793 bits per heavy atom. The van der Waals surface area contributed by atoms with Gasteiger partial charge in [-0.2, -0.15) is 0 Å². The number of anilines is 2. The lowest BCUT2D eigenvalue weighted by atomic mass is 10.1. The molecule has 1 unspecified atom stereocenters. The highest BCUT2D eigenvalue weighted by atomic mass is 32.2. The summed E-state index contributed by atoms with van der Waals surface area (Å²) in [6.45, 7) is 5.77. The van der Waals surface area contributed by atoms with Gasteiger partial charge in [0.05, 0.1) is 5.25 Å². The average molecular weight is 405 g/mol. The van der Waals surface area contributed by atoms with Gasteiger partial charge in [-0.1, -0.05) is 36.4 Å². The molecule has 0 bridgehead atoms. The molecule has 0 heterocycles. The van der Waals surface area contributed by atoms with Crippen LogP contribution in [0.4, 0.5) is 11.4 Å². The maximum Gasteiger partial charge on any atom is 0.255 e. The van der Waals surface area contributed by atoms with E-state index >= 15 is 0 Å². The van der Waals surface area contributed by atoms with Crippen LogP contribution in [0.3, 0.4) is 0 Å². The van der Waals surface area contributed by atoms with Crippen molar-refractivity contribution in [2.24, 2.45) is 0 Å². The fourth-order valence-corrected chi connectivity index (χ4v) is 3.72. The predicted octanol–water partition coefficient (Wildman–Crippen LogP) is 5.68. The van der Waals surface area contributed by atoms with E-state index in [2.05, 4.69) is 10.6 Å². The number of amides is 2. The van der Waals surface area contributed by atoms with E-state index in [-0.39, 0.29) is 17.1 Å². The molecule has 0 aliphatic carbocycles. The van der Waals surface area contributed by atoms with Gasteiger partial charge >= 0.3 is 0 Å². The van der Waals surface area contributed by atoms with Gasteiger partial charge in [-0.3, -0.25) is 9.59 Å². The molecule has 0 saturated carbocycles. The molecule has 0 aliphatic rings. The summed E-state index contributed by atoms with van der Waals surface area (Å²) in [7, 11) is 0. The van der Waals surface area contributed by atoms with E-state index in [9.17, 15) is 9.59 Å². The molecule has 0 spiro atoms. The molecule has 0 radical (unpaired) electrons. The van der Waals surface area contributed by atoms with Gasteiger partial charge in [-0.05, 0) is 68.3 Å². The number of rotatable bonds is 6. The van der Waals surface area contributed by atoms with E-state index in [1.165, 1.54) is 11.8 Å². The van der Waals surface area contributed by atoms with E-state index in [4.69, 9.17) is 0 Å². The molecule has 5 heteroatoms. The molecule has 29 heavy (non-hydrogen) atoms. The predicted molar refractivity (Wildman–Crippen MR) is 121 cm³/mol. The van der Waals surface area contributed by atoms with Crippen LogP contribution in [0.5, 0.6) is 0 Å². The number of aryl methyl sites for hydroxylation is 2. The summed E-state index contributed by atoms with van der Waals surface area (Å²) in [5, 5.41) is 5.64. The van der Waals surface area contributed by atoms with Gasteiger partial charge in [0.15, 0.2) is 0 Å². The van der Waals surface area contributed by atoms with Gasteiger partial charge in [0.1, 0.15) is 0 Å². The van der Waals surface area contributed by atoms with Gasteiger partial charge in [-0.25, -0.2) is 0 Å². The number of benzene rings is 3. The zero-order valence-electron chi connectivity index (χ0n) is 16.7. The van der Waals surface area contributed by atoms with Crippen molar-refractivity contribution in [1.29, 1.82) is 0 Å². The van der Waals surface area contributed by atoms with Crippen molar-refractivity contribution in [2.45, 2.75) is 30.9 Å². The van der Waals surface area contributed by atoms with E-state index in [0.717, 1.165) is 27.4 Å². The van der Waals surface area contributed by atoms with Gasteiger partial charge in [-0.15, -0.1) is 11.8 Å². The Morgan fingerprint density at radius 2 is 1.41 bits per heavy atom. The van der Waals surface area contributed by atoms with Crippen molar-refractivity contribution in [1.82, 2.24) is 0 Å². The first-order valence-electron chi connectivity index (χ1n) is 9.44. The maximum absolute atomic E-state index is 12.5. The number of hydrogen-bond donors (Lipinski definition) is 2. The molecule has 2 N–H and O–H groups in total. The van der Waals surface area contributed by atoms with Crippen LogP contribution >= 0.6 is 11.8 Å². The fourth-order valence-electron chi connectivity index (χ4n) is 2.85. The average Bonchev–Trinajstić information content (AvgIpc) is 2.71. The number of carbonyl (C=O) groups excluding carboxylic acids is 2. The Labute approximate surface area is 175 Å². The van der Waals surface area contributed by atoms with Crippen LogP contribution in [-0.4, -0.2) is 17.1 Å². The zero-order valence-corrected chi connectivity index (χ0v) is 17.5. The quantitative estimate of drug-likeness (QED) is 0.520. The lowest BCUT2D eigenvalue weighted by Crippen LogP contribution is -2.22. The summed E-state index contributed by atoms with van der Waals surface area (Å²) in [6, 6.07) is 22.7. The van der Waals surface area contributed by atoms with Gasteiger partial charge in [0.25, 0.3) is 5.91 Å². The largest absolute Gasteiger partial charge is 0.325 e. The smallest absolute Gasteiger partial charge is 0.255 e. The van der Waals surface area contributed by atoms with Gasteiger partial charge in [0, 0.05) is 21.8 Å². The summed E-state index contributed by atoms with van der Waals surface area (Å²) >= 11 is 1.48. The van der Waals surface area contributed by atoms with Crippen molar-refractivity contribution in [3.05, 3.63) is 89.5 Å². The van der Waals surface area contributed by atoms with Crippen LogP contribution in [0.2, 0.25) is 0 Å². The Bertz CT molecular complexity index is 1020. The van der Waals surface area contributed by atoms with Gasteiger partial charge in [0.2, 0.25) is 5.91 Å². The SMILES string of the molecule is Cc1ccccc1NC(=O)C(C)Sc1ccc(NC(=O)c2ccccc2C)cc1. The first-order valence-corrected chi connectivity index (χ1v) is 10.3. The van der Waals surface area contributed by atoms with Gasteiger partial charge < -0.3 is 10.6 Å². The minimum Gasteiger partial charge on any atom is -0.325 e. The molecule has 0 aliphatic heterocycles. The Kier molecular flexibility index (Phi) is 6.73. The Balaban J connectivity index is 1.58.